The molecule has 3 heterocycles. The average Bonchev–Trinajstić information content (AvgIpc) is 3.47. The SMILES string of the molecule is c1ccc(COc2ccc3c(-c4nc5ccc(N6CCCCC6)cc5[nH]4)n[nH]c3c2)cc1. The number of anilines is 1. The van der Waals surface area contributed by atoms with Crippen molar-refractivity contribution in [3.8, 4) is 17.3 Å². The lowest BCUT2D eigenvalue weighted by molar-refractivity contribution is 0.306. The average molecular weight is 424 g/mol. The van der Waals surface area contributed by atoms with Crippen LogP contribution in [-0.2, 0) is 6.61 Å². The van der Waals surface area contributed by atoms with Gasteiger partial charge < -0.3 is 14.6 Å². The van der Waals surface area contributed by atoms with Crippen LogP contribution in [0.5, 0.6) is 5.75 Å². The van der Waals surface area contributed by atoms with Crippen LogP contribution in [0.2, 0.25) is 0 Å². The minimum atomic E-state index is 0.538. The molecule has 0 unspecified atom stereocenters. The number of fused-ring (bicyclic) bond motifs is 2. The van der Waals surface area contributed by atoms with Crippen LogP contribution in [0.25, 0.3) is 33.5 Å². The first-order chi connectivity index (χ1) is 15.8. The second-order valence-corrected chi connectivity index (χ2v) is 8.39. The normalized spacial score (nSPS) is 14.3. The van der Waals surface area contributed by atoms with Gasteiger partial charge in [-0.05, 0) is 55.2 Å². The van der Waals surface area contributed by atoms with Gasteiger partial charge in [-0.1, -0.05) is 30.3 Å². The number of H-pyrrole nitrogens is 2. The molecule has 0 atom stereocenters. The van der Waals surface area contributed by atoms with E-state index in [1.54, 1.807) is 0 Å². The Kier molecular flexibility index (Phi) is 4.75. The number of imidazole rings is 1. The maximum Gasteiger partial charge on any atom is 0.159 e. The summed E-state index contributed by atoms with van der Waals surface area (Å²) >= 11 is 0. The molecule has 3 aromatic carbocycles. The van der Waals surface area contributed by atoms with E-state index in [2.05, 4.69) is 50.4 Å². The van der Waals surface area contributed by atoms with Crippen LogP contribution in [0.15, 0.2) is 66.7 Å². The van der Waals surface area contributed by atoms with Crippen molar-refractivity contribution in [3.63, 3.8) is 0 Å². The summed E-state index contributed by atoms with van der Waals surface area (Å²) in [6.07, 6.45) is 3.86. The molecule has 160 valence electrons. The van der Waals surface area contributed by atoms with Gasteiger partial charge in [0, 0.05) is 30.2 Å². The van der Waals surface area contributed by atoms with Crippen molar-refractivity contribution < 1.29 is 4.74 Å². The zero-order chi connectivity index (χ0) is 21.3. The zero-order valence-electron chi connectivity index (χ0n) is 17.8. The maximum atomic E-state index is 5.96. The van der Waals surface area contributed by atoms with E-state index in [9.17, 15) is 0 Å². The van der Waals surface area contributed by atoms with Crippen molar-refractivity contribution >= 4 is 27.6 Å². The molecule has 2 aromatic heterocycles. The first-order valence-corrected chi connectivity index (χ1v) is 11.2. The molecule has 0 aliphatic carbocycles. The van der Waals surface area contributed by atoms with Crippen LogP contribution in [0, 0.1) is 0 Å². The molecule has 0 amide bonds. The molecular weight excluding hydrogens is 398 g/mol. The van der Waals surface area contributed by atoms with Crippen LogP contribution in [0.1, 0.15) is 24.8 Å². The molecule has 6 rings (SSSR count). The van der Waals surface area contributed by atoms with E-state index in [4.69, 9.17) is 9.72 Å². The maximum absolute atomic E-state index is 5.96. The molecule has 6 heteroatoms. The fourth-order valence-electron chi connectivity index (χ4n) is 4.47. The Morgan fingerprint density at radius 2 is 1.75 bits per heavy atom. The van der Waals surface area contributed by atoms with E-state index in [0.29, 0.717) is 6.61 Å². The van der Waals surface area contributed by atoms with Gasteiger partial charge in [-0.25, -0.2) is 4.98 Å². The lowest BCUT2D eigenvalue weighted by atomic mass is 10.1. The summed E-state index contributed by atoms with van der Waals surface area (Å²) in [4.78, 5) is 10.7. The monoisotopic (exact) mass is 423 g/mol. The number of rotatable bonds is 5. The summed E-state index contributed by atoms with van der Waals surface area (Å²) in [5.41, 5.74) is 6.16. The Balaban J connectivity index is 1.27. The minimum absolute atomic E-state index is 0.538. The van der Waals surface area contributed by atoms with Crippen molar-refractivity contribution in [2.24, 2.45) is 0 Å². The first-order valence-electron chi connectivity index (χ1n) is 11.2. The van der Waals surface area contributed by atoms with E-state index in [-0.39, 0.29) is 0 Å². The van der Waals surface area contributed by atoms with E-state index in [1.165, 1.54) is 24.9 Å². The van der Waals surface area contributed by atoms with Gasteiger partial charge in [0.25, 0.3) is 0 Å². The first kappa shape index (κ1) is 18.9. The summed E-state index contributed by atoms with van der Waals surface area (Å²) in [6.45, 7) is 2.80. The molecule has 5 aromatic rings. The number of nitrogens with one attached hydrogen (secondary N) is 2. The summed E-state index contributed by atoms with van der Waals surface area (Å²) in [5, 5.41) is 8.70. The van der Waals surface area contributed by atoms with Gasteiger partial charge in [-0.2, -0.15) is 5.10 Å². The van der Waals surface area contributed by atoms with Gasteiger partial charge in [-0.3, -0.25) is 5.10 Å². The van der Waals surface area contributed by atoms with Gasteiger partial charge in [0.1, 0.15) is 18.1 Å². The van der Waals surface area contributed by atoms with Crippen molar-refractivity contribution in [2.45, 2.75) is 25.9 Å². The van der Waals surface area contributed by atoms with Gasteiger partial charge in [0.05, 0.1) is 16.6 Å². The number of aromatic nitrogens is 4. The van der Waals surface area contributed by atoms with E-state index < -0.39 is 0 Å². The molecule has 1 saturated heterocycles. The Hall–Kier alpha value is -3.80. The number of hydrogen-bond acceptors (Lipinski definition) is 4. The summed E-state index contributed by atoms with van der Waals surface area (Å²) in [7, 11) is 0. The summed E-state index contributed by atoms with van der Waals surface area (Å²) < 4.78 is 5.96. The molecule has 1 aliphatic heterocycles. The fraction of sp³-hybridized carbons (Fsp3) is 0.231. The number of piperidine rings is 1. The Morgan fingerprint density at radius 3 is 2.62 bits per heavy atom. The summed E-state index contributed by atoms with van der Waals surface area (Å²) in [5.74, 6) is 1.59. The standard InChI is InChI=1S/C26H25N5O/c1-3-7-18(8-4-1)17-32-20-10-11-21-23(16-20)29-30-25(21)26-27-22-12-9-19(15-24(22)28-26)31-13-5-2-6-14-31/h1,3-4,7-12,15-16H,2,5-6,13-14,17H2,(H,27,28)(H,29,30). The molecule has 0 bridgehead atoms. The van der Waals surface area contributed by atoms with Crippen molar-refractivity contribution in [1.82, 2.24) is 20.2 Å². The molecule has 0 saturated carbocycles. The molecule has 6 nitrogen and oxygen atoms in total. The number of aromatic amines is 2. The highest BCUT2D eigenvalue weighted by Gasteiger charge is 2.15. The molecule has 1 fully saturated rings. The van der Waals surface area contributed by atoms with Crippen LogP contribution >= 0.6 is 0 Å². The second kappa shape index (κ2) is 8.04. The van der Waals surface area contributed by atoms with Crippen LogP contribution < -0.4 is 9.64 Å². The van der Waals surface area contributed by atoms with Gasteiger partial charge in [-0.15, -0.1) is 0 Å². The van der Waals surface area contributed by atoms with Crippen molar-refractivity contribution in [1.29, 1.82) is 0 Å². The predicted molar refractivity (Wildman–Crippen MR) is 128 cm³/mol. The molecule has 2 N–H and O–H groups in total. The third-order valence-corrected chi connectivity index (χ3v) is 6.19. The zero-order valence-corrected chi connectivity index (χ0v) is 17.8. The Morgan fingerprint density at radius 1 is 0.875 bits per heavy atom. The highest BCUT2D eigenvalue weighted by Crippen LogP contribution is 2.30. The number of hydrogen-bond donors (Lipinski definition) is 2. The van der Waals surface area contributed by atoms with E-state index in [0.717, 1.165) is 57.9 Å². The second-order valence-electron chi connectivity index (χ2n) is 8.39. The van der Waals surface area contributed by atoms with Gasteiger partial charge in [0.15, 0.2) is 5.82 Å². The van der Waals surface area contributed by atoms with Gasteiger partial charge >= 0.3 is 0 Å². The highest BCUT2D eigenvalue weighted by atomic mass is 16.5. The van der Waals surface area contributed by atoms with Crippen LogP contribution in [-0.4, -0.2) is 33.3 Å². The van der Waals surface area contributed by atoms with Crippen molar-refractivity contribution in [3.05, 3.63) is 72.3 Å². The Bertz CT molecular complexity index is 1370. The Labute approximate surface area is 186 Å². The molecule has 0 radical (unpaired) electrons. The number of benzene rings is 3. The predicted octanol–water partition coefficient (Wildman–Crippen LogP) is 5.68. The lowest BCUT2D eigenvalue weighted by Gasteiger charge is -2.28. The molecule has 32 heavy (non-hydrogen) atoms. The number of nitrogens with zero attached hydrogens (tertiary/aromatic N) is 3. The summed E-state index contributed by atoms with van der Waals surface area (Å²) in [6, 6.07) is 22.7. The molecule has 0 spiro atoms. The lowest BCUT2D eigenvalue weighted by Crippen LogP contribution is -2.29. The van der Waals surface area contributed by atoms with Gasteiger partial charge in [0.2, 0.25) is 0 Å². The van der Waals surface area contributed by atoms with Crippen molar-refractivity contribution in [2.75, 3.05) is 18.0 Å². The third-order valence-electron chi connectivity index (χ3n) is 6.19. The highest BCUT2D eigenvalue weighted by molar-refractivity contribution is 5.94. The largest absolute Gasteiger partial charge is 0.489 e. The van der Waals surface area contributed by atoms with Crippen LogP contribution in [0.4, 0.5) is 5.69 Å². The third kappa shape index (κ3) is 3.58. The van der Waals surface area contributed by atoms with Crippen LogP contribution in [0.3, 0.4) is 0 Å². The fourth-order valence-corrected chi connectivity index (χ4v) is 4.47. The smallest absolute Gasteiger partial charge is 0.159 e. The minimum Gasteiger partial charge on any atom is -0.489 e. The molecular formula is C26H25N5O. The molecule has 1 aliphatic rings. The topological polar surface area (TPSA) is 69.8 Å². The number of ether oxygens (including phenoxy) is 1. The van der Waals surface area contributed by atoms with E-state index in [1.807, 2.05) is 36.4 Å². The quantitative estimate of drug-likeness (QED) is 0.382. The van der Waals surface area contributed by atoms with E-state index >= 15 is 0 Å².